The van der Waals surface area contributed by atoms with Crippen molar-refractivity contribution in [3.8, 4) is 22.3 Å². The lowest BCUT2D eigenvalue weighted by Gasteiger charge is -2.34. The van der Waals surface area contributed by atoms with Crippen LogP contribution in [0.2, 0.25) is 0 Å². The molecule has 0 heterocycles. The van der Waals surface area contributed by atoms with Crippen LogP contribution in [-0.4, -0.2) is 0 Å². The molecule has 11 aromatic carbocycles. The number of anilines is 5. The Morgan fingerprint density at radius 2 is 0.765 bits per heavy atom. The van der Waals surface area contributed by atoms with Crippen molar-refractivity contribution in [2.24, 2.45) is 0 Å². The van der Waals surface area contributed by atoms with Gasteiger partial charge in [0.2, 0.25) is 0 Å². The van der Waals surface area contributed by atoms with Crippen LogP contribution < -0.4 is 9.80 Å². The monoisotopic (exact) mass is 868 g/mol. The SMILES string of the molecule is C1=CC2=C(CC1)C(N(c1ccc3c(-c4ccccc4)c4cc(N(c5cccc6ccccc56)c5cccc6ccccc56)ccc4c(-c4ccccc4)c3c1)c1cccc3ccccc13)=CCC2. The molecule has 2 heteroatoms. The molecule has 0 aromatic heterocycles. The normalized spacial score (nSPS) is 13.6. The second kappa shape index (κ2) is 16.8. The number of benzene rings is 11. The van der Waals surface area contributed by atoms with Crippen LogP contribution in [0, 0.1) is 0 Å². The Bertz CT molecular complexity index is 3760. The molecule has 0 saturated carbocycles. The second-order valence-electron chi connectivity index (χ2n) is 18.2. The summed E-state index contributed by atoms with van der Waals surface area (Å²) < 4.78 is 0. The van der Waals surface area contributed by atoms with Gasteiger partial charge in [-0.25, -0.2) is 0 Å². The van der Waals surface area contributed by atoms with Crippen LogP contribution in [0.25, 0.3) is 76.1 Å². The largest absolute Gasteiger partial charge is 0.310 e. The number of hydrogen-bond donors (Lipinski definition) is 0. The van der Waals surface area contributed by atoms with Gasteiger partial charge in [-0.1, -0.05) is 200 Å². The highest BCUT2D eigenvalue weighted by molar-refractivity contribution is 6.23. The van der Waals surface area contributed by atoms with Gasteiger partial charge in [-0.15, -0.1) is 0 Å². The molecule has 0 aliphatic heterocycles. The first kappa shape index (κ1) is 39.9. The Labute approximate surface area is 397 Å². The van der Waals surface area contributed by atoms with Gasteiger partial charge in [0.15, 0.2) is 0 Å². The molecule has 0 unspecified atom stereocenters. The number of allylic oxidation sites excluding steroid dienone is 5. The van der Waals surface area contributed by atoms with Crippen LogP contribution in [0.1, 0.15) is 25.7 Å². The first-order valence-electron chi connectivity index (χ1n) is 24.0. The summed E-state index contributed by atoms with van der Waals surface area (Å²) in [6.45, 7) is 0. The van der Waals surface area contributed by atoms with Crippen molar-refractivity contribution >= 4 is 82.3 Å². The molecule has 2 aliphatic rings. The van der Waals surface area contributed by atoms with E-state index in [1.807, 2.05) is 0 Å². The molecule has 13 rings (SSSR count). The minimum atomic E-state index is 1.02. The fourth-order valence-corrected chi connectivity index (χ4v) is 11.3. The van der Waals surface area contributed by atoms with Crippen molar-refractivity contribution in [2.45, 2.75) is 25.7 Å². The number of hydrogen-bond acceptors (Lipinski definition) is 2. The zero-order chi connectivity index (χ0) is 45.0. The van der Waals surface area contributed by atoms with Crippen LogP contribution in [0.3, 0.4) is 0 Å². The van der Waals surface area contributed by atoms with E-state index in [4.69, 9.17) is 0 Å². The van der Waals surface area contributed by atoms with Crippen LogP contribution in [-0.2, 0) is 0 Å². The lowest BCUT2D eigenvalue weighted by molar-refractivity contribution is 0.848. The van der Waals surface area contributed by atoms with E-state index in [0.717, 1.165) is 48.4 Å². The lowest BCUT2D eigenvalue weighted by atomic mass is 9.84. The summed E-state index contributed by atoms with van der Waals surface area (Å²) in [7, 11) is 0. The summed E-state index contributed by atoms with van der Waals surface area (Å²) in [5.74, 6) is 0. The van der Waals surface area contributed by atoms with Gasteiger partial charge in [-0.2, -0.15) is 0 Å². The Kier molecular flexibility index (Phi) is 9.83. The second-order valence-corrected chi connectivity index (χ2v) is 18.2. The number of rotatable bonds is 8. The Hall–Kier alpha value is -8.46. The molecule has 11 aromatic rings. The zero-order valence-electron chi connectivity index (χ0n) is 37.8. The lowest BCUT2D eigenvalue weighted by Crippen LogP contribution is -2.21. The molecule has 0 atom stereocenters. The molecule has 0 radical (unpaired) electrons. The van der Waals surface area contributed by atoms with Crippen molar-refractivity contribution < 1.29 is 0 Å². The highest BCUT2D eigenvalue weighted by Crippen LogP contribution is 2.50. The molecule has 68 heavy (non-hydrogen) atoms. The number of nitrogens with zero attached hydrogens (tertiary/aromatic N) is 2. The van der Waals surface area contributed by atoms with Crippen molar-refractivity contribution in [3.63, 3.8) is 0 Å². The van der Waals surface area contributed by atoms with Crippen LogP contribution >= 0.6 is 0 Å². The maximum atomic E-state index is 2.58. The molecule has 0 bridgehead atoms. The highest BCUT2D eigenvalue weighted by atomic mass is 15.2. The smallest absolute Gasteiger partial charge is 0.0540 e. The van der Waals surface area contributed by atoms with Gasteiger partial charge in [0.05, 0.1) is 17.1 Å². The van der Waals surface area contributed by atoms with Gasteiger partial charge >= 0.3 is 0 Å². The van der Waals surface area contributed by atoms with E-state index < -0.39 is 0 Å². The maximum Gasteiger partial charge on any atom is 0.0540 e. The molecule has 2 nitrogen and oxygen atoms in total. The van der Waals surface area contributed by atoms with E-state index in [-0.39, 0.29) is 0 Å². The minimum Gasteiger partial charge on any atom is -0.310 e. The molecule has 0 amide bonds. The molecule has 0 spiro atoms. The average molecular weight is 869 g/mol. The molecule has 322 valence electrons. The first-order chi connectivity index (χ1) is 33.8. The quantitative estimate of drug-likeness (QED) is 0.140. The fraction of sp³-hybridized carbons (Fsp3) is 0.0606. The van der Waals surface area contributed by atoms with Gasteiger partial charge in [0.25, 0.3) is 0 Å². The van der Waals surface area contributed by atoms with E-state index in [9.17, 15) is 0 Å². The third-order valence-electron chi connectivity index (χ3n) is 14.3. The Morgan fingerprint density at radius 1 is 0.324 bits per heavy atom. The zero-order valence-corrected chi connectivity index (χ0v) is 37.8. The summed E-state index contributed by atoms with van der Waals surface area (Å²) in [5, 5.41) is 12.2. The fourth-order valence-electron chi connectivity index (χ4n) is 11.3. The van der Waals surface area contributed by atoms with Crippen molar-refractivity contribution in [1.82, 2.24) is 0 Å². The van der Waals surface area contributed by atoms with Crippen LogP contribution in [0.4, 0.5) is 28.4 Å². The molecule has 0 saturated heterocycles. The molecule has 2 aliphatic carbocycles. The van der Waals surface area contributed by atoms with Gasteiger partial charge in [0, 0.05) is 33.2 Å². The van der Waals surface area contributed by atoms with Gasteiger partial charge in [-0.3, -0.25) is 0 Å². The van der Waals surface area contributed by atoms with Crippen LogP contribution in [0.5, 0.6) is 0 Å². The summed E-state index contributed by atoms with van der Waals surface area (Å²) in [4.78, 5) is 5.06. The third-order valence-corrected chi connectivity index (χ3v) is 14.3. The predicted octanol–water partition coefficient (Wildman–Crippen LogP) is 18.7. The predicted molar refractivity (Wildman–Crippen MR) is 291 cm³/mol. The molecule has 0 fully saturated rings. The van der Waals surface area contributed by atoms with E-state index in [1.54, 1.807) is 0 Å². The molecular weight excluding hydrogens is 821 g/mol. The third kappa shape index (κ3) is 6.71. The van der Waals surface area contributed by atoms with Crippen molar-refractivity contribution in [3.05, 3.63) is 260 Å². The molecule has 0 N–H and O–H groups in total. The van der Waals surface area contributed by atoms with E-state index in [0.29, 0.717) is 0 Å². The topological polar surface area (TPSA) is 6.48 Å². The Balaban J connectivity index is 1.12. The summed E-state index contributed by atoms with van der Waals surface area (Å²) in [6, 6.07) is 83.1. The highest BCUT2D eigenvalue weighted by Gasteiger charge is 2.27. The van der Waals surface area contributed by atoms with E-state index >= 15 is 0 Å². The first-order valence-corrected chi connectivity index (χ1v) is 24.0. The summed E-state index contributed by atoms with van der Waals surface area (Å²) >= 11 is 0. The van der Waals surface area contributed by atoms with Gasteiger partial charge in [-0.05, 0) is 139 Å². The van der Waals surface area contributed by atoms with E-state index in [1.165, 1.54) is 98.6 Å². The van der Waals surface area contributed by atoms with E-state index in [2.05, 4.69) is 252 Å². The number of fused-ring (bicyclic) bond motifs is 5. The minimum absolute atomic E-state index is 1.02. The van der Waals surface area contributed by atoms with Crippen molar-refractivity contribution in [2.75, 3.05) is 9.80 Å². The maximum absolute atomic E-state index is 2.58. The molecular formula is C66H48N2. The summed E-state index contributed by atoms with van der Waals surface area (Å²) in [6.07, 6.45) is 11.4. The standard InChI is InChI=1S/C66H48N2/c1-3-23-49(24-4-1)65-57-41-39-52(68(63-37-17-29-47-21-9-13-33-55(47)63)64-38-18-30-48-22-10-14-34-56(48)64)44-60(57)66(50-25-5-2-6-26-50)58-42-40-51(43-59(58)65)67(61-35-15-27-45-19-7-11-31-53(45)61)62-36-16-28-46-20-8-12-32-54(46)62/h1-13,15-17,19-29,31-33,35-44H,14,18,30,34H2. The summed E-state index contributed by atoms with van der Waals surface area (Å²) in [5.41, 5.74) is 14.9. The van der Waals surface area contributed by atoms with Gasteiger partial charge < -0.3 is 9.80 Å². The van der Waals surface area contributed by atoms with Crippen LogP contribution in [0.15, 0.2) is 260 Å². The Morgan fingerprint density at radius 3 is 1.28 bits per heavy atom. The van der Waals surface area contributed by atoms with Gasteiger partial charge in [0.1, 0.15) is 0 Å². The van der Waals surface area contributed by atoms with Crippen molar-refractivity contribution in [1.29, 1.82) is 0 Å². The average Bonchev–Trinajstić information content (AvgIpc) is 3.41.